The molecule has 8 heteroatoms. The number of sulfone groups is 1. The molecule has 138 valence electrons. The Morgan fingerprint density at radius 3 is 1.72 bits per heavy atom. The van der Waals surface area contributed by atoms with Gasteiger partial charge in [0.05, 0.1) is 29.5 Å². The van der Waals surface area contributed by atoms with Crippen molar-refractivity contribution in [2.45, 2.75) is 80.0 Å². The van der Waals surface area contributed by atoms with Crippen LogP contribution < -0.4 is 0 Å². The standard InChI is InChI=1S/C17H27N5O2S/c1-22(2)15-7-3-13(4-8-15)20-21-14-5-9-16(10-6-14)25(23,24)17(11-18)12-19/h13-17H,3-10H2,1-2H3. The van der Waals surface area contributed by atoms with Crippen LogP contribution in [0.2, 0.25) is 0 Å². The van der Waals surface area contributed by atoms with E-state index >= 15 is 0 Å². The molecule has 0 radical (unpaired) electrons. The fraction of sp³-hybridized carbons (Fsp3) is 0.882. The van der Waals surface area contributed by atoms with Gasteiger partial charge in [-0.1, -0.05) is 0 Å². The Kier molecular flexibility index (Phi) is 6.92. The summed E-state index contributed by atoms with van der Waals surface area (Å²) in [5, 5.41) is 24.5. The Labute approximate surface area is 150 Å². The first kappa shape index (κ1) is 19.8. The SMILES string of the molecule is CN(C)C1CCC(N=NC2CCC(S(=O)(=O)C(C#N)C#N)CC2)CC1. The van der Waals surface area contributed by atoms with Gasteiger partial charge >= 0.3 is 0 Å². The van der Waals surface area contributed by atoms with Gasteiger partial charge in [-0.25, -0.2) is 8.42 Å². The van der Waals surface area contributed by atoms with Gasteiger partial charge in [0.25, 0.3) is 0 Å². The normalized spacial score (nSPS) is 31.1. The fourth-order valence-corrected chi connectivity index (χ4v) is 5.34. The Bertz CT molecular complexity index is 632. The maximum atomic E-state index is 12.2. The van der Waals surface area contributed by atoms with Crippen LogP contribution in [0.5, 0.6) is 0 Å². The highest BCUT2D eigenvalue weighted by atomic mass is 32.2. The van der Waals surface area contributed by atoms with Crippen LogP contribution in [0.4, 0.5) is 0 Å². The van der Waals surface area contributed by atoms with Gasteiger partial charge in [0.1, 0.15) is 0 Å². The van der Waals surface area contributed by atoms with E-state index in [1.165, 1.54) is 0 Å². The average Bonchev–Trinajstić information content (AvgIpc) is 2.61. The predicted octanol–water partition coefficient (Wildman–Crippen LogP) is 2.45. The Balaban J connectivity index is 1.81. The third kappa shape index (κ3) is 4.99. The molecule has 0 unspecified atom stereocenters. The van der Waals surface area contributed by atoms with E-state index in [9.17, 15) is 8.42 Å². The molecule has 2 rings (SSSR count). The van der Waals surface area contributed by atoms with Crippen molar-refractivity contribution in [2.24, 2.45) is 10.2 Å². The zero-order valence-corrected chi connectivity index (χ0v) is 15.8. The predicted molar refractivity (Wildman–Crippen MR) is 94.6 cm³/mol. The maximum absolute atomic E-state index is 12.2. The highest BCUT2D eigenvalue weighted by Gasteiger charge is 2.37. The molecular formula is C17H27N5O2S. The van der Waals surface area contributed by atoms with E-state index in [2.05, 4.69) is 29.2 Å². The van der Waals surface area contributed by atoms with Crippen LogP contribution in [0, 0.1) is 22.7 Å². The zero-order chi connectivity index (χ0) is 18.4. The molecule has 7 nitrogen and oxygen atoms in total. The number of hydrogen-bond acceptors (Lipinski definition) is 7. The van der Waals surface area contributed by atoms with E-state index in [0.717, 1.165) is 25.7 Å². The highest BCUT2D eigenvalue weighted by Crippen LogP contribution is 2.30. The first-order valence-electron chi connectivity index (χ1n) is 8.96. The van der Waals surface area contributed by atoms with Gasteiger partial charge in [0.15, 0.2) is 9.84 Å². The molecule has 25 heavy (non-hydrogen) atoms. The first-order chi connectivity index (χ1) is 11.9. The van der Waals surface area contributed by atoms with Crippen molar-refractivity contribution in [2.75, 3.05) is 14.1 Å². The van der Waals surface area contributed by atoms with E-state index < -0.39 is 20.3 Å². The van der Waals surface area contributed by atoms with Crippen molar-refractivity contribution in [3.05, 3.63) is 0 Å². The second-order valence-corrected chi connectivity index (χ2v) is 9.63. The van der Waals surface area contributed by atoms with E-state index in [1.54, 1.807) is 12.1 Å². The molecule has 0 amide bonds. The number of azo groups is 1. The summed E-state index contributed by atoms with van der Waals surface area (Å²) >= 11 is 0. The minimum atomic E-state index is -3.70. The molecule has 0 N–H and O–H groups in total. The van der Waals surface area contributed by atoms with Crippen LogP contribution in [-0.4, -0.2) is 56.0 Å². The topological polar surface area (TPSA) is 110 Å². The van der Waals surface area contributed by atoms with Gasteiger partial charge in [0, 0.05) is 6.04 Å². The van der Waals surface area contributed by atoms with Crippen LogP contribution in [0.25, 0.3) is 0 Å². The Morgan fingerprint density at radius 2 is 1.32 bits per heavy atom. The van der Waals surface area contributed by atoms with Gasteiger partial charge in [-0.2, -0.15) is 20.8 Å². The zero-order valence-electron chi connectivity index (χ0n) is 15.0. The lowest BCUT2D eigenvalue weighted by molar-refractivity contribution is 0.214. The van der Waals surface area contributed by atoms with Crippen molar-refractivity contribution >= 4 is 9.84 Å². The van der Waals surface area contributed by atoms with E-state index in [0.29, 0.717) is 37.8 Å². The number of hydrogen-bond donors (Lipinski definition) is 0. The molecule has 2 saturated carbocycles. The summed E-state index contributed by atoms with van der Waals surface area (Å²) in [6, 6.07) is 4.17. The maximum Gasteiger partial charge on any atom is 0.233 e. The number of rotatable bonds is 5. The van der Waals surface area contributed by atoms with Crippen molar-refractivity contribution in [1.82, 2.24) is 4.90 Å². The van der Waals surface area contributed by atoms with Gasteiger partial charge in [0.2, 0.25) is 5.25 Å². The third-order valence-electron chi connectivity index (χ3n) is 5.46. The second kappa shape index (κ2) is 8.73. The highest BCUT2D eigenvalue weighted by molar-refractivity contribution is 7.93. The summed E-state index contributed by atoms with van der Waals surface area (Å²) in [7, 11) is 0.530. The Hall–Kier alpha value is -1.51. The number of nitriles is 2. The van der Waals surface area contributed by atoms with Gasteiger partial charge < -0.3 is 4.90 Å². The summed E-state index contributed by atoms with van der Waals surface area (Å²) in [6.07, 6.45) is 6.63. The molecule has 0 aromatic carbocycles. The van der Waals surface area contributed by atoms with Gasteiger partial charge in [-0.05, 0) is 65.5 Å². The third-order valence-corrected chi connectivity index (χ3v) is 7.73. The van der Waals surface area contributed by atoms with Crippen LogP contribution in [0.3, 0.4) is 0 Å². The number of nitrogens with zero attached hydrogens (tertiary/aromatic N) is 5. The minimum absolute atomic E-state index is 0.0700. The van der Waals surface area contributed by atoms with Gasteiger partial charge in [-0.15, -0.1) is 0 Å². The van der Waals surface area contributed by atoms with E-state index in [-0.39, 0.29) is 6.04 Å². The summed E-state index contributed by atoms with van der Waals surface area (Å²) in [5.41, 5.74) is 0. The molecule has 0 aromatic heterocycles. The monoisotopic (exact) mass is 365 g/mol. The molecule has 2 fully saturated rings. The fourth-order valence-electron chi connectivity index (χ4n) is 3.74. The van der Waals surface area contributed by atoms with Crippen molar-refractivity contribution in [3.63, 3.8) is 0 Å². The average molecular weight is 366 g/mol. The molecule has 0 saturated heterocycles. The molecule has 2 aliphatic carbocycles. The second-order valence-electron chi connectivity index (χ2n) is 7.31. The summed E-state index contributed by atoms with van der Waals surface area (Å²) in [4.78, 5) is 2.27. The Morgan fingerprint density at radius 1 is 0.880 bits per heavy atom. The molecule has 0 aliphatic heterocycles. The molecule has 2 aliphatic rings. The smallest absolute Gasteiger partial charge is 0.233 e. The van der Waals surface area contributed by atoms with Crippen LogP contribution in [-0.2, 0) is 9.84 Å². The summed E-state index contributed by atoms with van der Waals surface area (Å²) in [5.74, 6) is 0. The van der Waals surface area contributed by atoms with E-state index in [4.69, 9.17) is 10.5 Å². The molecule has 0 bridgehead atoms. The molecule has 0 atom stereocenters. The van der Waals surface area contributed by atoms with Crippen LogP contribution in [0.1, 0.15) is 51.4 Å². The van der Waals surface area contributed by atoms with Crippen LogP contribution in [0.15, 0.2) is 10.2 Å². The lowest BCUT2D eigenvalue weighted by Gasteiger charge is -2.31. The van der Waals surface area contributed by atoms with Crippen molar-refractivity contribution < 1.29 is 8.42 Å². The van der Waals surface area contributed by atoms with Crippen molar-refractivity contribution in [3.8, 4) is 12.1 Å². The summed E-state index contributed by atoms with van der Waals surface area (Å²) < 4.78 is 24.5. The lowest BCUT2D eigenvalue weighted by Crippen LogP contribution is -2.34. The van der Waals surface area contributed by atoms with Gasteiger partial charge in [-0.3, -0.25) is 0 Å². The summed E-state index contributed by atoms with van der Waals surface area (Å²) in [6.45, 7) is 0. The molecule has 0 aromatic rings. The first-order valence-corrected chi connectivity index (χ1v) is 10.6. The van der Waals surface area contributed by atoms with E-state index in [1.807, 2.05) is 0 Å². The quantitative estimate of drug-likeness (QED) is 0.695. The lowest BCUT2D eigenvalue weighted by atomic mass is 9.91. The molecule has 0 heterocycles. The molecule has 0 spiro atoms. The van der Waals surface area contributed by atoms with Crippen LogP contribution >= 0.6 is 0 Å². The minimum Gasteiger partial charge on any atom is -0.306 e. The molecular weight excluding hydrogens is 338 g/mol. The largest absolute Gasteiger partial charge is 0.306 e. The van der Waals surface area contributed by atoms with Crippen molar-refractivity contribution in [1.29, 1.82) is 10.5 Å².